The average molecular weight is 367 g/mol. The zero-order valence-corrected chi connectivity index (χ0v) is 15.6. The molecule has 0 spiro atoms. The first kappa shape index (κ1) is 18.4. The van der Waals surface area contributed by atoms with Crippen molar-refractivity contribution in [3.63, 3.8) is 0 Å². The van der Waals surface area contributed by atoms with Gasteiger partial charge in [-0.05, 0) is 48.6 Å². The van der Waals surface area contributed by atoms with Crippen molar-refractivity contribution in [1.82, 2.24) is 4.31 Å². The zero-order valence-electron chi connectivity index (χ0n) is 14.0. The molecule has 0 saturated carbocycles. The predicted molar refractivity (Wildman–Crippen MR) is 100 cm³/mol. The second-order valence-corrected chi connectivity index (χ2v) is 8.75. The smallest absolute Gasteiger partial charge is 0.252 e. The van der Waals surface area contributed by atoms with Crippen molar-refractivity contribution in [2.24, 2.45) is 10.7 Å². The van der Waals surface area contributed by atoms with Crippen LogP contribution in [0.5, 0.6) is 0 Å². The van der Waals surface area contributed by atoms with Gasteiger partial charge in [-0.2, -0.15) is 4.31 Å². The molecule has 1 aromatic heterocycles. The minimum absolute atomic E-state index is 0.259. The molecule has 0 bridgehead atoms. The number of likely N-dealkylation sites (N-methyl/N-ethyl adjacent to an activating group) is 1. The number of thiophene rings is 1. The topological polar surface area (TPSA) is 87.8 Å². The lowest BCUT2D eigenvalue weighted by molar-refractivity contribution is 0.479. The summed E-state index contributed by atoms with van der Waals surface area (Å²) < 4.78 is 26.2. The summed E-state index contributed by atoms with van der Waals surface area (Å²) in [5.41, 5.74) is 9.00. The van der Waals surface area contributed by atoms with E-state index in [-0.39, 0.29) is 19.0 Å². The number of aryl methyl sites for hydroxylation is 2. The molecular weight excluding hydrogens is 344 g/mol. The molecule has 0 radical (unpaired) electrons. The van der Waals surface area contributed by atoms with Crippen LogP contribution in [0.4, 0.5) is 5.69 Å². The summed E-state index contributed by atoms with van der Waals surface area (Å²) in [6, 6.07) is 9.33. The highest BCUT2D eigenvalue weighted by Gasteiger charge is 2.20. The van der Waals surface area contributed by atoms with E-state index in [4.69, 9.17) is 5.73 Å². The van der Waals surface area contributed by atoms with Crippen molar-refractivity contribution >= 4 is 33.0 Å². The maximum Gasteiger partial charge on any atom is 0.252 e. The number of sulfonamides is 1. The molecule has 3 N–H and O–H groups in total. The van der Waals surface area contributed by atoms with E-state index >= 15 is 0 Å². The fourth-order valence-corrected chi connectivity index (χ4v) is 4.59. The van der Waals surface area contributed by atoms with Crippen molar-refractivity contribution in [2.75, 3.05) is 25.5 Å². The first-order valence-corrected chi connectivity index (χ1v) is 9.76. The molecule has 0 unspecified atom stereocenters. The van der Waals surface area contributed by atoms with Crippen molar-refractivity contribution in [3.8, 4) is 0 Å². The Bertz CT molecular complexity index is 794. The van der Waals surface area contributed by atoms with Crippen LogP contribution in [0.15, 0.2) is 44.9 Å². The zero-order chi connectivity index (χ0) is 17.7. The van der Waals surface area contributed by atoms with Gasteiger partial charge in [0.15, 0.2) is 5.96 Å². The van der Waals surface area contributed by atoms with E-state index in [0.717, 1.165) is 16.8 Å². The van der Waals surface area contributed by atoms with Crippen LogP contribution >= 0.6 is 11.3 Å². The predicted octanol–water partition coefficient (Wildman–Crippen LogP) is 2.41. The number of aliphatic imine (C=N–C) groups is 1. The number of anilines is 1. The van der Waals surface area contributed by atoms with Gasteiger partial charge in [-0.15, -0.1) is 11.3 Å². The molecule has 2 aromatic rings. The van der Waals surface area contributed by atoms with Gasteiger partial charge in [-0.3, -0.25) is 4.99 Å². The number of nitrogens with one attached hydrogen (secondary N) is 1. The monoisotopic (exact) mass is 366 g/mol. The van der Waals surface area contributed by atoms with Gasteiger partial charge in [0, 0.05) is 19.3 Å². The second kappa shape index (κ2) is 7.78. The molecule has 8 heteroatoms. The summed E-state index contributed by atoms with van der Waals surface area (Å²) in [4.78, 5) is 4.19. The van der Waals surface area contributed by atoms with Crippen molar-refractivity contribution in [1.29, 1.82) is 0 Å². The first-order valence-electron chi connectivity index (χ1n) is 7.44. The van der Waals surface area contributed by atoms with Crippen LogP contribution in [0.3, 0.4) is 0 Å². The van der Waals surface area contributed by atoms with Gasteiger partial charge in [-0.25, -0.2) is 8.42 Å². The largest absolute Gasteiger partial charge is 0.370 e. The Morgan fingerprint density at radius 3 is 2.54 bits per heavy atom. The molecule has 0 aliphatic heterocycles. The highest BCUT2D eigenvalue weighted by atomic mass is 32.2. The minimum atomic E-state index is -3.44. The van der Waals surface area contributed by atoms with Crippen LogP contribution in [0.1, 0.15) is 11.1 Å². The maximum atomic E-state index is 12.3. The summed E-state index contributed by atoms with van der Waals surface area (Å²) in [5, 5.41) is 4.77. The number of nitrogens with zero attached hydrogens (tertiary/aromatic N) is 2. The van der Waals surface area contributed by atoms with Crippen molar-refractivity contribution in [2.45, 2.75) is 18.1 Å². The summed E-state index contributed by atoms with van der Waals surface area (Å²) >= 11 is 1.20. The third-order valence-electron chi connectivity index (χ3n) is 3.35. The lowest BCUT2D eigenvalue weighted by Gasteiger charge is -2.15. The molecule has 1 heterocycles. The highest BCUT2D eigenvalue weighted by Crippen LogP contribution is 2.19. The van der Waals surface area contributed by atoms with E-state index in [0.29, 0.717) is 4.21 Å². The summed E-state index contributed by atoms with van der Waals surface area (Å²) in [6.45, 7) is 4.56. The molecule has 0 saturated heterocycles. The molecule has 0 amide bonds. The molecule has 1 aromatic carbocycles. The van der Waals surface area contributed by atoms with Crippen LogP contribution in [-0.4, -0.2) is 38.8 Å². The molecule has 0 atom stereocenters. The number of hydrogen-bond acceptors (Lipinski definition) is 4. The number of benzene rings is 1. The van der Waals surface area contributed by atoms with Gasteiger partial charge in [0.25, 0.3) is 10.0 Å². The molecule has 0 aliphatic rings. The molecule has 2 rings (SSSR count). The number of hydrogen-bond donors (Lipinski definition) is 2. The first-order chi connectivity index (χ1) is 11.3. The standard InChI is InChI=1S/C16H22N4O2S2/c1-12-9-13(2)11-14(10-12)19-16(17)18-6-7-20(3)24(21,22)15-5-4-8-23-15/h4-5,8-11H,6-7H2,1-3H3,(H3,17,18,19). The van der Waals surface area contributed by atoms with Gasteiger partial charge in [0.1, 0.15) is 4.21 Å². The van der Waals surface area contributed by atoms with Gasteiger partial charge in [-0.1, -0.05) is 12.1 Å². The molecule has 0 aliphatic carbocycles. The quantitative estimate of drug-likeness (QED) is 0.607. The van der Waals surface area contributed by atoms with Crippen molar-refractivity contribution < 1.29 is 8.42 Å². The lowest BCUT2D eigenvalue weighted by atomic mass is 10.1. The Morgan fingerprint density at radius 2 is 1.96 bits per heavy atom. The number of rotatable bonds is 6. The Kier molecular flexibility index (Phi) is 5.98. The lowest BCUT2D eigenvalue weighted by Crippen LogP contribution is -2.30. The minimum Gasteiger partial charge on any atom is -0.370 e. The van der Waals surface area contributed by atoms with Gasteiger partial charge in [0.2, 0.25) is 0 Å². The van der Waals surface area contributed by atoms with E-state index in [1.807, 2.05) is 26.0 Å². The highest BCUT2D eigenvalue weighted by molar-refractivity contribution is 7.91. The number of nitrogens with two attached hydrogens (primary N) is 1. The fourth-order valence-electron chi connectivity index (χ4n) is 2.23. The Hall–Kier alpha value is -1.90. The Balaban J connectivity index is 1.93. The van der Waals surface area contributed by atoms with E-state index in [1.165, 1.54) is 22.7 Å². The molecule has 0 fully saturated rings. The number of guanidine groups is 1. The van der Waals surface area contributed by atoms with E-state index in [9.17, 15) is 8.42 Å². The molecule has 6 nitrogen and oxygen atoms in total. The fraction of sp³-hybridized carbons (Fsp3) is 0.312. The van der Waals surface area contributed by atoms with E-state index in [2.05, 4.69) is 16.4 Å². The molecular formula is C16H22N4O2S2. The third-order valence-corrected chi connectivity index (χ3v) is 6.58. The van der Waals surface area contributed by atoms with Crippen LogP contribution in [-0.2, 0) is 10.0 Å². The van der Waals surface area contributed by atoms with E-state index < -0.39 is 10.0 Å². The van der Waals surface area contributed by atoms with Gasteiger partial charge in [0.05, 0.1) is 6.54 Å². The van der Waals surface area contributed by atoms with Crippen LogP contribution < -0.4 is 11.1 Å². The van der Waals surface area contributed by atoms with Crippen molar-refractivity contribution in [3.05, 3.63) is 46.8 Å². The summed E-state index contributed by atoms with van der Waals surface area (Å²) in [5.74, 6) is 0.266. The average Bonchev–Trinajstić information content (AvgIpc) is 3.00. The van der Waals surface area contributed by atoms with Gasteiger partial charge < -0.3 is 11.1 Å². The maximum absolute atomic E-state index is 12.3. The van der Waals surface area contributed by atoms with Gasteiger partial charge >= 0.3 is 0 Å². The normalized spacial score (nSPS) is 12.6. The summed E-state index contributed by atoms with van der Waals surface area (Å²) in [7, 11) is -1.90. The SMILES string of the molecule is Cc1cc(C)cc(NC(N)=NCCN(C)S(=O)(=O)c2cccs2)c1. The second-order valence-electron chi connectivity index (χ2n) is 5.53. The van der Waals surface area contributed by atoms with Crippen LogP contribution in [0.2, 0.25) is 0 Å². The van der Waals surface area contributed by atoms with E-state index in [1.54, 1.807) is 17.5 Å². The Labute approximate surface area is 147 Å². The van der Waals surface area contributed by atoms with Crippen LogP contribution in [0, 0.1) is 13.8 Å². The van der Waals surface area contributed by atoms with Crippen LogP contribution in [0.25, 0.3) is 0 Å². The molecule has 130 valence electrons. The summed E-state index contributed by atoms with van der Waals surface area (Å²) in [6.07, 6.45) is 0. The Morgan fingerprint density at radius 1 is 1.29 bits per heavy atom. The third kappa shape index (κ3) is 4.80. The molecule has 24 heavy (non-hydrogen) atoms.